The average molecular weight is 577 g/mol. The molecule has 2 unspecified atom stereocenters. The molecule has 0 spiro atoms. The zero-order valence-electron chi connectivity index (χ0n) is 24.1. The van der Waals surface area contributed by atoms with Gasteiger partial charge in [-0.05, 0) is 29.5 Å². The molecule has 1 fully saturated rings. The van der Waals surface area contributed by atoms with E-state index in [4.69, 9.17) is 10.5 Å². The molecule has 2 heterocycles. The number of nitrogens with one attached hydrogen (secondary N) is 1. The molecule has 3 amide bonds. The van der Waals surface area contributed by atoms with Gasteiger partial charge in [0.25, 0.3) is 0 Å². The summed E-state index contributed by atoms with van der Waals surface area (Å²) in [4.78, 5) is 53.0. The number of rotatable bonds is 10. The molecule has 1 aromatic heterocycles. The summed E-state index contributed by atoms with van der Waals surface area (Å²) in [6.07, 6.45) is -0.802. The summed E-state index contributed by atoms with van der Waals surface area (Å²) in [7, 11) is 1.22. The zero-order chi connectivity index (χ0) is 30.6. The smallest absolute Gasteiger partial charge is 0.360 e. The van der Waals surface area contributed by atoms with E-state index in [9.17, 15) is 24.3 Å². The minimum absolute atomic E-state index is 0.0105. The molecule has 1 aliphatic heterocycles. The number of aromatic nitrogens is 3. The van der Waals surface area contributed by atoms with Crippen LogP contribution in [0.5, 0.6) is 0 Å². The summed E-state index contributed by atoms with van der Waals surface area (Å²) in [6.45, 7) is 5.12. The lowest BCUT2D eigenvalue weighted by Gasteiger charge is -2.31. The van der Waals surface area contributed by atoms with Gasteiger partial charge in [-0.15, -0.1) is 5.10 Å². The van der Waals surface area contributed by atoms with Crippen molar-refractivity contribution in [2.24, 2.45) is 11.7 Å². The van der Waals surface area contributed by atoms with Crippen molar-refractivity contribution in [3.63, 3.8) is 0 Å². The number of methoxy groups -OCH3 is 1. The fraction of sp³-hybridized carbons (Fsp3) is 0.400. The Morgan fingerprint density at radius 3 is 2.31 bits per heavy atom. The Hall–Kier alpha value is -4.58. The van der Waals surface area contributed by atoms with Crippen molar-refractivity contribution in [2.75, 3.05) is 13.7 Å². The maximum absolute atomic E-state index is 13.8. The molecule has 222 valence electrons. The molecule has 3 aromatic rings. The van der Waals surface area contributed by atoms with Gasteiger partial charge in [0.15, 0.2) is 5.69 Å². The topological polar surface area (TPSA) is 170 Å². The lowest BCUT2D eigenvalue weighted by atomic mass is 10.00. The molecule has 12 heteroatoms. The third-order valence-electron chi connectivity index (χ3n) is 7.48. The Labute approximate surface area is 243 Å². The molecule has 12 nitrogen and oxygen atoms in total. The number of ether oxygens (including phenoxy) is 1. The van der Waals surface area contributed by atoms with Gasteiger partial charge in [0.2, 0.25) is 17.7 Å². The van der Waals surface area contributed by atoms with Crippen LogP contribution < -0.4 is 11.1 Å². The van der Waals surface area contributed by atoms with Crippen molar-refractivity contribution in [1.29, 1.82) is 0 Å². The van der Waals surface area contributed by atoms with Crippen LogP contribution in [0.1, 0.15) is 48.1 Å². The Balaban J connectivity index is 1.51. The maximum atomic E-state index is 13.8. The number of likely N-dealkylation sites (tertiary alicyclic amines) is 1. The average Bonchev–Trinajstić information content (AvgIpc) is 3.55. The highest BCUT2D eigenvalue weighted by molar-refractivity contribution is 5.93. The standard InChI is InChI=1S/C30H36N6O6/c1-17(2)26(36-18(3)25(33-34-36)30(41)42-4)29(40)35-16-22(37)15-24(35)28(39)32-23(27(31)38)14-19-10-12-21(13-11-19)20-8-6-5-7-9-20/h5-13,17,22-24,26,37H,14-16H2,1-4H3,(H2,31,38)(H,32,39)/t22-,23?,24+,26?/m1/s1. The number of primary amides is 1. The third kappa shape index (κ3) is 6.49. The van der Waals surface area contributed by atoms with Gasteiger partial charge in [-0.1, -0.05) is 73.7 Å². The van der Waals surface area contributed by atoms with Gasteiger partial charge in [-0.3, -0.25) is 14.4 Å². The Kier molecular flexibility index (Phi) is 9.36. The van der Waals surface area contributed by atoms with Crippen LogP contribution in [0.15, 0.2) is 54.6 Å². The number of nitrogens with zero attached hydrogens (tertiary/aromatic N) is 4. The van der Waals surface area contributed by atoms with E-state index in [0.29, 0.717) is 5.69 Å². The highest BCUT2D eigenvalue weighted by atomic mass is 16.5. The normalized spacial score (nSPS) is 18.0. The number of hydrogen-bond acceptors (Lipinski definition) is 8. The van der Waals surface area contributed by atoms with Crippen LogP contribution in [-0.2, 0) is 25.5 Å². The number of benzene rings is 2. The van der Waals surface area contributed by atoms with Crippen LogP contribution >= 0.6 is 0 Å². The molecule has 2 aromatic carbocycles. The van der Waals surface area contributed by atoms with Crippen LogP contribution in [-0.4, -0.2) is 80.5 Å². The second-order valence-electron chi connectivity index (χ2n) is 10.8. The number of esters is 1. The molecule has 4 rings (SSSR count). The Morgan fingerprint density at radius 1 is 1.07 bits per heavy atom. The van der Waals surface area contributed by atoms with Crippen molar-refractivity contribution in [3.8, 4) is 11.1 Å². The summed E-state index contributed by atoms with van der Waals surface area (Å²) >= 11 is 0. The van der Waals surface area contributed by atoms with E-state index in [2.05, 4.69) is 15.6 Å². The van der Waals surface area contributed by atoms with E-state index >= 15 is 0 Å². The molecule has 0 aliphatic carbocycles. The highest BCUT2D eigenvalue weighted by Gasteiger charge is 2.44. The molecule has 4 N–H and O–H groups in total. The minimum atomic E-state index is -1.04. The van der Waals surface area contributed by atoms with Gasteiger partial charge in [0.1, 0.15) is 18.1 Å². The predicted octanol–water partition coefficient (Wildman–Crippen LogP) is 1.41. The van der Waals surface area contributed by atoms with Crippen LogP contribution in [0.4, 0.5) is 0 Å². The molecule has 0 bridgehead atoms. The number of carbonyl (C=O) groups excluding carboxylic acids is 4. The van der Waals surface area contributed by atoms with Crippen LogP contribution in [0.25, 0.3) is 11.1 Å². The monoisotopic (exact) mass is 576 g/mol. The first-order valence-corrected chi connectivity index (χ1v) is 13.7. The van der Waals surface area contributed by atoms with Gasteiger partial charge < -0.3 is 25.8 Å². The van der Waals surface area contributed by atoms with Gasteiger partial charge in [-0.2, -0.15) is 0 Å². The SMILES string of the molecule is COC(=O)c1nnn(C(C(=O)N2C[C@H](O)C[C@H]2C(=O)NC(Cc2ccc(-c3ccccc3)cc2)C(N)=O)C(C)C)c1C. The Morgan fingerprint density at radius 2 is 1.71 bits per heavy atom. The minimum Gasteiger partial charge on any atom is -0.464 e. The summed E-state index contributed by atoms with van der Waals surface area (Å²) in [5.74, 6) is -2.78. The van der Waals surface area contributed by atoms with Crippen molar-refractivity contribution in [3.05, 3.63) is 71.5 Å². The first-order valence-electron chi connectivity index (χ1n) is 13.7. The first kappa shape index (κ1) is 30.4. The quantitative estimate of drug-likeness (QED) is 0.304. The lowest BCUT2D eigenvalue weighted by molar-refractivity contribution is -0.143. The highest BCUT2D eigenvalue weighted by Crippen LogP contribution is 2.28. The van der Waals surface area contributed by atoms with Crippen molar-refractivity contribution < 1.29 is 29.0 Å². The lowest BCUT2D eigenvalue weighted by Crippen LogP contribution is -2.54. The van der Waals surface area contributed by atoms with E-state index in [1.807, 2.05) is 54.6 Å². The second kappa shape index (κ2) is 12.9. The van der Waals surface area contributed by atoms with Crippen LogP contribution in [0.3, 0.4) is 0 Å². The maximum Gasteiger partial charge on any atom is 0.360 e. The number of amides is 3. The van der Waals surface area contributed by atoms with E-state index in [1.54, 1.807) is 20.8 Å². The van der Waals surface area contributed by atoms with Crippen LogP contribution in [0, 0.1) is 12.8 Å². The number of β-amino-alcohol motifs (C(OH)–C–C–N with tert-alkyl or cyclic N) is 1. The van der Waals surface area contributed by atoms with Crippen molar-refractivity contribution in [2.45, 2.75) is 57.8 Å². The Bertz CT molecular complexity index is 1440. The summed E-state index contributed by atoms with van der Waals surface area (Å²) in [5, 5.41) is 21.1. The summed E-state index contributed by atoms with van der Waals surface area (Å²) in [5.41, 5.74) is 8.82. The van der Waals surface area contributed by atoms with Crippen molar-refractivity contribution in [1.82, 2.24) is 25.2 Å². The van der Waals surface area contributed by atoms with Gasteiger partial charge in [-0.25, -0.2) is 9.48 Å². The summed E-state index contributed by atoms with van der Waals surface area (Å²) < 4.78 is 6.08. The zero-order valence-corrected chi connectivity index (χ0v) is 24.1. The molecule has 1 saturated heterocycles. The van der Waals surface area contributed by atoms with Gasteiger partial charge in [0, 0.05) is 19.4 Å². The predicted molar refractivity (Wildman–Crippen MR) is 153 cm³/mol. The molecule has 42 heavy (non-hydrogen) atoms. The first-order chi connectivity index (χ1) is 20.0. The summed E-state index contributed by atoms with van der Waals surface area (Å²) in [6, 6.07) is 14.5. The number of carbonyl (C=O) groups is 4. The van der Waals surface area contributed by atoms with E-state index in [0.717, 1.165) is 16.7 Å². The largest absolute Gasteiger partial charge is 0.464 e. The van der Waals surface area contributed by atoms with Gasteiger partial charge >= 0.3 is 5.97 Å². The second-order valence-corrected chi connectivity index (χ2v) is 10.8. The van der Waals surface area contributed by atoms with Crippen molar-refractivity contribution >= 4 is 23.7 Å². The molecular weight excluding hydrogens is 540 g/mol. The molecule has 4 atom stereocenters. The van der Waals surface area contributed by atoms with E-state index in [1.165, 1.54) is 16.7 Å². The van der Waals surface area contributed by atoms with Crippen LogP contribution in [0.2, 0.25) is 0 Å². The number of aliphatic hydroxyl groups is 1. The molecule has 0 saturated carbocycles. The molecule has 0 radical (unpaired) electrons. The number of aliphatic hydroxyl groups excluding tert-OH is 1. The van der Waals surface area contributed by atoms with E-state index in [-0.39, 0.29) is 31.0 Å². The van der Waals surface area contributed by atoms with E-state index < -0.39 is 47.9 Å². The molecule has 1 aliphatic rings. The fourth-order valence-electron chi connectivity index (χ4n) is 5.23. The van der Waals surface area contributed by atoms with Gasteiger partial charge in [0.05, 0.1) is 18.9 Å². The third-order valence-corrected chi connectivity index (χ3v) is 7.48. The molecular formula is C30H36N6O6. The number of nitrogens with two attached hydrogens (primary N) is 1. The number of hydrogen-bond donors (Lipinski definition) is 3. The fourth-order valence-corrected chi connectivity index (χ4v) is 5.23.